The number of piperazine rings is 1. The topological polar surface area (TPSA) is 85.4 Å². The number of carbonyl (C=O) groups excluding carboxylic acids is 1. The van der Waals surface area contributed by atoms with Crippen LogP contribution in [0.3, 0.4) is 0 Å². The SMILES string of the molecule is CNc1ncc2c(N(C)C)c(C(=O)NCCc3ccc(N4CC5CCC(C4)N5)cc3)sc2n1. The zero-order chi connectivity index (χ0) is 22.9. The number of hydrogen-bond donors (Lipinski definition) is 3. The summed E-state index contributed by atoms with van der Waals surface area (Å²) in [6.07, 6.45) is 5.15. The Labute approximate surface area is 198 Å². The second-order valence-corrected chi connectivity index (χ2v) is 10.1. The standard InChI is InChI=1S/C24H31N7OS/c1-25-24-27-12-19-20(30(2)3)21(33-23(19)29-24)22(32)26-11-10-15-4-8-18(9-5-15)31-13-16-6-7-17(14-31)28-16/h4-5,8-9,12,16-17,28H,6-7,10-11,13-14H2,1-3H3,(H,26,32)(H,25,27,29). The van der Waals surface area contributed by atoms with Crippen molar-refractivity contribution in [3.63, 3.8) is 0 Å². The van der Waals surface area contributed by atoms with E-state index in [2.05, 4.69) is 55.1 Å². The highest BCUT2D eigenvalue weighted by Crippen LogP contribution is 2.36. The number of anilines is 3. The van der Waals surface area contributed by atoms with Gasteiger partial charge in [-0.2, -0.15) is 0 Å². The van der Waals surface area contributed by atoms with Crippen LogP contribution in [-0.2, 0) is 6.42 Å². The van der Waals surface area contributed by atoms with Gasteiger partial charge in [0.15, 0.2) is 0 Å². The molecule has 0 saturated carbocycles. The van der Waals surface area contributed by atoms with Crippen LogP contribution in [0.2, 0.25) is 0 Å². The van der Waals surface area contributed by atoms with Gasteiger partial charge >= 0.3 is 0 Å². The minimum Gasteiger partial charge on any atom is -0.376 e. The Hall–Kier alpha value is -2.91. The van der Waals surface area contributed by atoms with Crippen molar-refractivity contribution in [3.8, 4) is 0 Å². The average Bonchev–Trinajstić information content (AvgIpc) is 3.38. The number of rotatable bonds is 7. The monoisotopic (exact) mass is 465 g/mol. The fraction of sp³-hybridized carbons (Fsp3) is 0.458. The Kier molecular flexibility index (Phi) is 6.07. The molecule has 8 nitrogen and oxygen atoms in total. The van der Waals surface area contributed by atoms with Crippen LogP contribution >= 0.6 is 11.3 Å². The molecule has 1 amide bonds. The quantitative estimate of drug-likeness (QED) is 0.495. The molecule has 4 heterocycles. The molecule has 2 unspecified atom stereocenters. The predicted octanol–water partition coefficient (Wildman–Crippen LogP) is 2.71. The van der Waals surface area contributed by atoms with Gasteiger partial charge < -0.3 is 25.8 Å². The largest absolute Gasteiger partial charge is 0.376 e. The van der Waals surface area contributed by atoms with Crippen molar-refractivity contribution in [1.82, 2.24) is 20.6 Å². The third kappa shape index (κ3) is 4.47. The molecule has 0 radical (unpaired) electrons. The summed E-state index contributed by atoms with van der Waals surface area (Å²) in [4.78, 5) is 27.8. The average molecular weight is 466 g/mol. The smallest absolute Gasteiger partial charge is 0.263 e. The highest BCUT2D eigenvalue weighted by atomic mass is 32.1. The fourth-order valence-electron chi connectivity index (χ4n) is 4.87. The zero-order valence-electron chi connectivity index (χ0n) is 19.4. The maximum atomic E-state index is 13.0. The number of nitrogens with one attached hydrogen (secondary N) is 3. The first kappa shape index (κ1) is 21.9. The van der Waals surface area contributed by atoms with E-state index >= 15 is 0 Å². The summed E-state index contributed by atoms with van der Waals surface area (Å²) in [7, 11) is 5.67. The lowest BCUT2D eigenvalue weighted by Gasteiger charge is -2.34. The summed E-state index contributed by atoms with van der Waals surface area (Å²) in [5.74, 6) is 0.485. The molecule has 3 aromatic rings. The van der Waals surface area contributed by atoms with Crippen molar-refractivity contribution < 1.29 is 4.79 Å². The molecule has 5 rings (SSSR count). The minimum absolute atomic E-state index is 0.0689. The molecule has 2 atom stereocenters. The molecule has 0 aliphatic carbocycles. The molecule has 0 spiro atoms. The van der Waals surface area contributed by atoms with Gasteiger partial charge in [-0.05, 0) is 37.0 Å². The summed E-state index contributed by atoms with van der Waals surface area (Å²) < 4.78 is 0. The third-order valence-electron chi connectivity index (χ3n) is 6.52. The molecule has 2 saturated heterocycles. The predicted molar refractivity (Wildman–Crippen MR) is 136 cm³/mol. The molecule has 2 bridgehead atoms. The molecule has 9 heteroatoms. The Morgan fingerprint density at radius 1 is 1.21 bits per heavy atom. The lowest BCUT2D eigenvalue weighted by atomic mass is 10.1. The normalized spacial score (nSPS) is 19.7. The first-order valence-corrected chi connectivity index (χ1v) is 12.4. The second-order valence-electron chi connectivity index (χ2n) is 9.05. The van der Waals surface area contributed by atoms with Gasteiger partial charge in [-0.25, -0.2) is 9.97 Å². The Balaban J connectivity index is 1.22. The van der Waals surface area contributed by atoms with E-state index in [0.717, 1.165) is 35.4 Å². The molecule has 2 aromatic heterocycles. The zero-order valence-corrected chi connectivity index (χ0v) is 20.2. The van der Waals surface area contributed by atoms with Crippen LogP contribution in [0.25, 0.3) is 10.2 Å². The number of benzene rings is 1. The van der Waals surface area contributed by atoms with Gasteiger partial charge in [0.25, 0.3) is 5.91 Å². The number of aromatic nitrogens is 2. The van der Waals surface area contributed by atoms with E-state index in [4.69, 9.17) is 0 Å². The first-order valence-electron chi connectivity index (χ1n) is 11.5. The van der Waals surface area contributed by atoms with E-state index in [9.17, 15) is 4.79 Å². The van der Waals surface area contributed by atoms with Crippen LogP contribution < -0.4 is 25.8 Å². The summed E-state index contributed by atoms with van der Waals surface area (Å²) in [6.45, 7) is 2.77. The highest BCUT2D eigenvalue weighted by molar-refractivity contribution is 7.21. The van der Waals surface area contributed by atoms with E-state index in [1.165, 1.54) is 35.4 Å². The van der Waals surface area contributed by atoms with Crippen LogP contribution in [0.4, 0.5) is 17.3 Å². The van der Waals surface area contributed by atoms with Crippen molar-refractivity contribution in [2.24, 2.45) is 0 Å². The van der Waals surface area contributed by atoms with Crippen molar-refractivity contribution >= 4 is 44.8 Å². The highest BCUT2D eigenvalue weighted by Gasteiger charge is 2.32. The lowest BCUT2D eigenvalue weighted by molar-refractivity contribution is 0.0958. The fourth-order valence-corrected chi connectivity index (χ4v) is 6.01. The Morgan fingerprint density at radius 2 is 1.94 bits per heavy atom. The number of amides is 1. The summed E-state index contributed by atoms with van der Waals surface area (Å²) in [5, 5.41) is 10.6. The molecular weight excluding hydrogens is 434 g/mol. The molecule has 2 aliphatic heterocycles. The van der Waals surface area contributed by atoms with E-state index in [0.29, 0.717) is 29.5 Å². The molecule has 3 N–H and O–H groups in total. The van der Waals surface area contributed by atoms with Gasteiger partial charge in [0, 0.05) is 64.7 Å². The van der Waals surface area contributed by atoms with Crippen molar-refractivity contribution in [3.05, 3.63) is 40.9 Å². The van der Waals surface area contributed by atoms with E-state index in [-0.39, 0.29) is 5.91 Å². The van der Waals surface area contributed by atoms with Gasteiger partial charge in [-0.1, -0.05) is 12.1 Å². The third-order valence-corrected chi connectivity index (χ3v) is 7.60. The number of carbonyl (C=O) groups is 1. The first-order chi connectivity index (χ1) is 16.0. The van der Waals surface area contributed by atoms with Gasteiger partial charge in [0.2, 0.25) is 5.95 Å². The van der Waals surface area contributed by atoms with Crippen molar-refractivity contribution in [2.75, 3.05) is 55.9 Å². The van der Waals surface area contributed by atoms with E-state index < -0.39 is 0 Å². The Bertz CT molecular complexity index is 1130. The van der Waals surface area contributed by atoms with Gasteiger partial charge in [0.05, 0.1) is 11.1 Å². The minimum atomic E-state index is -0.0689. The van der Waals surface area contributed by atoms with E-state index in [1.54, 1.807) is 13.2 Å². The summed E-state index contributed by atoms with van der Waals surface area (Å²) >= 11 is 1.40. The van der Waals surface area contributed by atoms with Crippen LogP contribution in [0.1, 0.15) is 28.1 Å². The van der Waals surface area contributed by atoms with Gasteiger partial charge in [-0.15, -0.1) is 11.3 Å². The molecule has 2 aliphatic rings. The van der Waals surface area contributed by atoms with Gasteiger partial charge in [0.1, 0.15) is 9.71 Å². The molecule has 33 heavy (non-hydrogen) atoms. The molecular formula is C24H31N7OS. The summed E-state index contributed by atoms with van der Waals surface area (Å²) in [5.41, 5.74) is 3.39. The number of fused-ring (bicyclic) bond motifs is 3. The maximum Gasteiger partial charge on any atom is 0.263 e. The molecule has 174 valence electrons. The maximum absolute atomic E-state index is 13.0. The second kappa shape index (κ2) is 9.15. The summed E-state index contributed by atoms with van der Waals surface area (Å²) in [6, 6.07) is 10.1. The van der Waals surface area contributed by atoms with Crippen molar-refractivity contribution in [2.45, 2.75) is 31.3 Å². The number of nitrogens with zero attached hydrogens (tertiary/aromatic N) is 4. The Morgan fingerprint density at radius 3 is 2.61 bits per heavy atom. The van der Waals surface area contributed by atoms with Crippen molar-refractivity contribution in [1.29, 1.82) is 0 Å². The van der Waals surface area contributed by atoms with Gasteiger partial charge in [-0.3, -0.25) is 4.79 Å². The molecule has 2 fully saturated rings. The molecule has 1 aromatic carbocycles. The van der Waals surface area contributed by atoms with Crippen LogP contribution in [-0.4, -0.2) is 68.7 Å². The lowest BCUT2D eigenvalue weighted by Crippen LogP contribution is -2.51. The van der Waals surface area contributed by atoms with E-state index in [1.807, 2.05) is 19.0 Å². The van der Waals surface area contributed by atoms with Crippen LogP contribution in [0.5, 0.6) is 0 Å². The number of thiophene rings is 1. The van der Waals surface area contributed by atoms with Crippen LogP contribution in [0, 0.1) is 0 Å². The van der Waals surface area contributed by atoms with Crippen LogP contribution in [0.15, 0.2) is 30.5 Å². The number of hydrogen-bond acceptors (Lipinski definition) is 8.